The van der Waals surface area contributed by atoms with E-state index in [4.69, 9.17) is 9.47 Å². The highest BCUT2D eigenvalue weighted by Gasteiger charge is 2.15. The summed E-state index contributed by atoms with van der Waals surface area (Å²) in [4.78, 5) is 22.8. The molecule has 5 heteroatoms. The highest BCUT2D eigenvalue weighted by molar-refractivity contribution is 5.79. The molecule has 1 amide bonds. The molecule has 0 unspecified atom stereocenters. The predicted octanol–water partition coefficient (Wildman–Crippen LogP) is 2.73. The van der Waals surface area contributed by atoms with E-state index in [0.717, 1.165) is 19.1 Å². The topological polar surface area (TPSA) is 64.6 Å². The number of hydrogen-bond donors (Lipinski definition) is 1. The maximum atomic E-state index is 12.0. The Morgan fingerprint density at radius 2 is 1.95 bits per heavy atom. The lowest BCUT2D eigenvalue weighted by Gasteiger charge is -2.17. The molecule has 0 saturated heterocycles. The molecule has 0 atom stereocenters. The SMILES string of the molecule is COc1ccc(C=O)cc1OCC(=O)NC1CCCCCC1. The number of carbonyl (C=O) groups is 2. The van der Waals surface area contributed by atoms with Crippen molar-refractivity contribution in [3.8, 4) is 11.5 Å². The van der Waals surface area contributed by atoms with E-state index in [1.54, 1.807) is 18.2 Å². The molecule has 0 spiro atoms. The van der Waals surface area contributed by atoms with E-state index in [1.807, 2.05) is 0 Å². The van der Waals surface area contributed by atoms with Crippen LogP contribution in [0.3, 0.4) is 0 Å². The van der Waals surface area contributed by atoms with Crippen LogP contribution in [0.15, 0.2) is 18.2 Å². The average molecular weight is 305 g/mol. The summed E-state index contributed by atoms with van der Waals surface area (Å²) in [6.07, 6.45) is 7.64. The number of ether oxygens (including phenoxy) is 2. The van der Waals surface area contributed by atoms with Gasteiger partial charge in [-0.15, -0.1) is 0 Å². The first-order valence-electron chi connectivity index (χ1n) is 7.78. The normalized spacial score (nSPS) is 15.7. The van der Waals surface area contributed by atoms with Gasteiger partial charge in [0.25, 0.3) is 5.91 Å². The van der Waals surface area contributed by atoms with Gasteiger partial charge in [-0.25, -0.2) is 0 Å². The van der Waals surface area contributed by atoms with Crippen molar-refractivity contribution in [2.75, 3.05) is 13.7 Å². The van der Waals surface area contributed by atoms with Gasteiger partial charge in [-0.2, -0.15) is 0 Å². The molecule has 1 aliphatic carbocycles. The second kappa shape index (κ2) is 8.41. The Labute approximate surface area is 131 Å². The van der Waals surface area contributed by atoms with E-state index in [0.29, 0.717) is 17.1 Å². The molecule has 0 heterocycles. The molecule has 1 aliphatic rings. The van der Waals surface area contributed by atoms with Crippen LogP contribution in [0, 0.1) is 0 Å². The fraction of sp³-hybridized carbons (Fsp3) is 0.529. The maximum absolute atomic E-state index is 12.0. The van der Waals surface area contributed by atoms with Gasteiger partial charge in [0.05, 0.1) is 7.11 Å². The molecule has 22 heavy (non-hydrogen) atoms. The van der Waals surface area contributed by atoms with Crippen LogP contribution in [0.4, 0.5) is 0 Å². The smallest absolute Gasteiger partial charge is 0.258 e. The molecule has 5 nitrogen and oxygen atoms in total. The third-order valence-corrected chi connectivity index (χ3v) is 3.90. The molecular weight excluding hydrogens is 282 g/mol. The van der Waals surface area contributed by atoms with Crippen LogP contribution in [0.5, 0.6) is 11.5 Å². The fourth-order valence-corrected chi connectivity index (χ4v) is 2.72. The highest BCUT2D eigenvalue weighted by atomic mass is 16.5. The largest absolute Gasteiger partial charge is 0.493 e. The number of nitrogens with one attached hydrogen (secondary N) is 1. The summed E-state index contributed by atoms with van der Waals surface area (Å²) in [7, 11) is 1.52. The Bertz CT molecular complexity index is 507. The van der Waals surface area contributed by atoms with Crippen molar-refractivity contribution in [1.82, 2.24) is 5.32 Å². The fourth-order valence-electron chi connectivity index (χ4n) is 2.72. The lowest BCUT2D eigenvalue weighted by Crippen LogP contribution is -2.37. The van der Waals surface area contributed by atoms with Gasteiger partial charge in [0, 0.05) is 11.6 Å². The van der Waals surface area contributed by atoms with Gasteiger partial charge >= 0.3 is 0 Å². The van der Waals surface area contributed by atoms with Crippen LogP contribution >= 0.6 is 0 Å². The molecule has 1 aromatic carbocycles. The van der Waals surface area contributed by atoms with Crippen LogP contribution in [0.25, 0.3) is 0 Å². The molecule has 1 N–H and O–H groups in total. The second-order valence-electron chi connectivity index (χ2n) is 5.57. The van der Waals surface area contributed by atoms with E-state index in [2.05, 4.69) is 5.32 Å². The highest BCUT2D eigenvalue weighted by Crippen LogP contribution is 2.27. The summed E-state index contributed by atoms with van der Waals surface area (Å²) in [6.45, 7) is -0.0742. The lowest BCUT2D eigenvalue weighted by atomic mass is 10.1. The van der Waals surface area contributed by atoms with Gasteiger partial charge in [-0.3, -0.25) is 9.59 Å². The van der Waals surface area contributed by atoms with Crippen LogP contribution in [-0.4, -0.2) is 32.0 Å². The first-order chi connectivity index (χ1) is 10.7. The molecular formula is C17H23NO4. The Balaban J connectivity index is 1.88. The number of aldehydes is 1. The summed E-state index contributed by atoms with van der Waals surface area (Å²) in [5.74, 6) is 0.779. The van der Waals surface area contributed by atoms with Crippen molar-refractivity contribution >= 4 is 12.2 Å². The molecule has 1 fully saturated rings. The molecule has 120 valence electrons. The average Bonchev–Trinajstić information content (AvgIpc) is 2.81. The lowest BCUT2D eigenvalue weighted by molar-refractivity contribution is -0.123. The van der Waals surface area contributed by atoms with Crippen LogP contribution in [-0.2, 0) is 4.79 Å². The van der Waals surface area contributed by atoms with Crippen molar-refractivity contribution in [1.29, 1.82) is 0 Å². The number of methoxy groups -OCH3 is 1. The van der Waals surface area contributed by atoms with Crippen molar-refractivity contribution in [3.05, 3.63) is 23.8 Å². The monoisotopic (exact) mass is 305 g/mol. The van der Waals surface area contributed by atoms with E-state index < -0.39 is 0 Å². The molecule has 0 aliphatic heterocycles. The number of benzene rings is 1. The zero-order valence-corrected chi connectivity index (χ0v) is 13.0. The van der Waals surface area contributed by atoms with Crippen molar-refractivity contribution in [3.63, 3.8) is 0 Å². The Hall–Kier alpha value is -2.04. The minimum Gasteiger partial charge on any atom is -0.493 e. The van der Waals surface area contributed by atoms with Gasteiger partial charge in [0.2, 0.25) is 0 Å². The zero-order chi connectivity index (χ0) is 15.8. The van der Waals surface area contributed by atoms with Crippen molar-refractivity contribution < 1.29 is 19.1 Å². The summed E-state index contributed by atoms with van der Waals surface area (Å²) >= 11 is 0. The van der Waals surface area contributed by atoms with Gasteiger partial charge in [0.15, 0.2) is 18.1 Å². The maximum Gasteiger partial charge on any atom is 0.258 e. The van der Waals surface area contributed by atoms with Crippen LogP contribution in [0.1, 0.15) is 48.9 Å². The second-order valence-corrected chi connectivity index (χ2v) is 5.57. The van der Waals surface area contributed by atoms with Gasteiger partial charge < -0.3 is 14.8 Å². The minimum atomic E-state index is -0.134. The zero-order valence-electron chi connectivity index (χ0n) is 13.0. The third kappa shape index (κ3) is 4.76. The third-order valence-electron chi connectivity index (χ3n) is 3.90. The predicted molar refractivity (Wildman–Crippen MR) is 83.5 cm³/mol. The van der Waals surface area contributed by atoms with E-state index in [-0.39, 0.29) is 18.6 Å². The van der Waals surface area contributed by atoms with Crippen LogP contribution in [0.2, 0.25) is 0 Å². The van der Waals surface area contributed by atoms with Crippen molar-refractivity contribution in [2.45, 2.75) is 44.6 Å². The summed E-state index contributed by atoms with van der Waals surface area (Å²) in [5.41, 5.74) is 0.486. The molecule has 0 bridgehead atoms. The van der Waals surface area contributed by atoms with Gasteiger partial charge in [-0.1, -0.05) is 25.7 Å². The number of amides is 1. The summed E-state index contributed by atoms with van der Waals surface area (Å²) < 4.78 is 10.7. The first-order valence-corrected chi connectivity index (χ1v) is 7.78. The summed E-state index contributed by atoms with van der Waals surface area (Å²) in [6, 6.07) is 5.12. The first kappa shape index (κ1) is 16.3. The molecule has 1 aromatic rings. The number of rotatable bonds is 6. The van der Waals surface area contributed by atoms with E-state index in [9.17, 15) is 9.59 Å². The van der Waals surface area contributed by atoms with E-state index >= 15 is 0 Å². The number of hydrogen-bond acceptors (Lipinski definition) is 4. The molecule has 0 radical (unpaired) electrons. The quantitative estimate of drug-likeness (QED) is 0.648. The Morgan fingerprint density at radius 1 is 1.23 bits per heavy atom. The van der Waals surface area contributed by atoms with E-state index in [1.165, 1.54) is 32.8 Å². The molecule has 2 rings (SSSR count). The Kier molecular flexibility index (Phi) is 6.25. The van der Waals surface area contributed by atoms with Crippen molar-refractivity contribution in [2.24, 2.45) is 0 Å². The van der Waals surface area contributed by atoms with Gasteiger partial charge in [0.1, 0.15) is 6.29 Å². The molecule has 1 saturated carbocycles. The number of carbonyl (C=O) groups excluding carboxylic acids is 2. The Morgan fingerprint density at radius 3 is 2.59 bits per heavy atom. The van der Waals surface area contributed by atoms with Gasteiger partial charge in [-0.05, 0) is 31.0 Å². The standard InChI is InChI=1S/C17H23NO4/c1-21-15-9-8-13(11-19)10-16(15)22-12-17(20)18-14-6-4-2-3-5-7-14/h8-11,14H,2-7,12H2,1H3,(H,18,20). The molecule has 0 aromatic heterocycles. The summed E-state index contributed by atoms with van der Waals surface area (Å²) in [5, 5.41) is 3.02. The van der Waals surface area contributed by atoms with Crippen LogP contribution < -0.4 is 14.8 Å². The minimum absolute atomic E-state index is 0.0742.